The lowest BCUT2D eigenvalue weighted by Gasteiger charge is -2.34. The van der Waals surface area contributed by atoms with Gasteiger partial charge in [0.1, 0.15) is 0 Å². The van der Waals surface area contributed by atoms with Crippen molar-refractivity contribution in [1.29, 1.82) is 0 Å². The summed E-state index contributed by atoms with van der Waals surface area (Å²) < 4.78 is 0. The highest BCUT2D eigenvalue weighted by atomic mass is 16.2. The Morgan fingerprint density at radius 3 is 2.57 bits per heavy atom. The van der Waals surface area contributed by atoms with Gasteiger partial charge in [0.2, 0.25) is 11.8 Å². The van der Waals surface area contributed by atoms with Crippen molar-refractivity contribution in [1.82, 2.24) is 4.90 Å². The van der Waals surface area contributed by atoms with Crippen LogP contribution in [0.4, 0.5) is 0 Å². The third kappa shape index (κ3) is 2.04. The molecule has 0 radical (unpaired) electrons. The van der Waals surface area contributed by atoms with Gasteiger partial charge in [-0.2, -0.15) is 0 Å². The van der Waals surface area contributed by atoms with Crippen LogP contribution in [0.5, 0.6) is 0 Å². The number of primary amides is 1. The lowest BCUT2D eigenvalue weighted by molar-refractivity contribution is -0.134. The maximum atomic E-state index is 11.6. The third-order valence-electron chi connectivity index (χ3n) is 2.58. The van der Waals surface area contributed by atoms with E-state index in [9.17, 15) is 9.59 Å². The standard InChI is InChI=1S/C9H17N3O2/c1-9(2,5-7(11)13)12-4-3-6(10)8(12)14/h6H,3-5,10H2,1-2H3,(H2,11,13). The average molecular weight is 199 g/mol. The number of rotatable bonds is 3. The first-order chi connectivity index (χ1) is 6.34. The molecule has 4 N–H and O–H groups in total. The van der Waals surface area contributed by atoms with E-state index in [4.69, 9.17) is 11.5 Å². The Labute approximate surface area is 83.4 Å². The second-order valence-corrected chi connectivity index (χ2v) is 4.34. The molecule has 14 heavy (non-hydrogen) atoms. The molecule has 0 aromatic carbocycles. The van der Waals surface area contributed by atoms with Gasteiger partial charge in [0, 0.05) is 18.5 Å². The summed E-state index contributed by atoms with van der Waals surface area (Å²) in [5, 5.41) is 0. The Hall–Kier alpha value is -1.10. The lowest BCUT2D eigenvalue weighted by atomic mass is 9.98. The lowest BCUT2D eigenvalue weighted by Crippen LogP contribution is -2.49. The summed E-state index contributed by atoms with van der Waals surface area (Å²) in [4.78, 5) is 24.0. The summed E-state index contributed by atoms with van der Waals surface area (Å²) in [7, 11) is 0. The molecule has 5 heteroatoms. The summed E-state index contributed by atoms with van der Waals surface area (Å²) in [5.41, 5.74) is 10.2. The molecular formula is C9H17N3O2. The Morgan fingerprint density at radius 2 is 2.21 bits per heavy atom. The van der Waals surface area contributed by atoms with Gasteiger partial charge in [-0.25, -0.2) is 0 Å². The zero-order chi connectivity index (χ0) is 10.9. The molecule has 5 nitrogen and oxygen atoms in total. The van der Waals surface area contributed by atoms with Crippen LogP contribution in [-0.4, -0.2) is 34.8 Å². The van der Waals surface area contributed by atoms with Gasteiger partial charge in [0.15, 0.2) is 0 Å². The van der Waals surface area contributed by atoms with E-state index in [0.717, 1.165) is 0 Å². The van der Waals surface area contributed by atoms with Gasteiger partial charge >= 0.3 is 0 Å². The minimum atomic E-state index is -0.517. The zero-order valence-corrected chi connectivity index (χ0v) is 8.62. The molecule has 1 rings (SSSR count). The Kier molecular flexibility index (Phi) is 2.80. The van der Waals surface area contributed by atoms with Crippen LogP contribution >= 0.6 is 0 Å². The van der Waals surface area contributed by atoms with Gasteiger partial charge in [-0.1, -0.05) is 0 Å². The fraction of sp³-hybridized carbons (Fsp3) is 0.778. The fourth-order valence-electron chi connectivity index (χ4n) is 1.82. The van der Waals surface area contributed by atoms with Gasteiger partial charge in [-0.3, -0.25) is 9.59 Å². The van der Waals surface area contributed by atoms with Crippen LogP contribution in [0.15, 0.2) is 0 Å². The van der Waals surface area contributed by atoms with Gasteiger partial charge in [-0.05, 0) is 20.3 Å². The van der Waals surface area contributed by atoms with Gasteiger partial charge < -0.3 is 16.4 Å². The molecule has 0 aromatic heterocycles. The molecule has 0 spiro atoms. The number of carbonyl (C=O) groups excluding carboxylic acids is 2. The van der Waals surface area contributed by atoms with Crippen molar-refractivity contribution >= 4 is 11.8 Å². The molecule has 1 heterocycles. The highest BCUT2D eigenvalue weighted by Crippen LogP contribution is 2.24. The average Bonchev–Trinajstić information content (AvgIpc) is 2.30. The fourth-order valence-corrected chi connectivity index (χ4v) is 1.82. The number of hydrogen-bond donors (Lipinski definition) is 2. The summed E-state index contributed by atoms with van der Waals surface area (Å²) in [6.07, 6.45) is 0.826. The maximum Gasteiger partial charge on any atom is 0.240 e. The van der Waals surface area contributed by atoms with Crippen LogP contribution in [0, 0.1) is 0 Å². The second kappa shape index (κ2) is 3.57. The topological polar surface area (TPSA) is 89.4 Å². The van der Waals surface area contributed by atoms with Gasteiger partial charge in [-0.15, -0.1) is 0 Å². The molecule has 1 unspecified atom stereocenters. The van der Waals surface area contributed by atoms with Gasteiger partial charge in [0.25, 0.3) is 0 Å². The molecule has 0 aliphatic carbocycles. The van der Waals surface area contributed by atoms with E-state index >= 15 is 0 Å². The van der Waals surface area contributed by atoms with E-state index in [1.165, 1.54) is 0 Å². The highest BCUT2D eigenvalue weighted by molar-refractivity contribution is 5.85. The van der Waals surface area contributed by atoms with Crippen LogP contribution in [0.1, 0.15) is 26.7 Å². The van der Waals surface area contributed by atoms with Crippen molar-refractivity contribution in [2.24, 2.45) is 11.5 Å². The number of likely N-dealkylation sites (tertiary alicyclic amines) is 1. The first-order valence-electron chi connectivity index (χ1n) is 4.70. The smallest absolute Gasteiger partial charge is 0.240 e. The molecule has 2 amide bonds. The Morgan fingerprint density at radius 1 is 1.64 bits per heavy atom. The second-order valence-electron chi connectivity index (χ2n) is 4.34. The van der Waals surface area contributed by atoms with Crippen molar-refractivity contribution in [2.75, 3.05) is 6.54 Å². The monoisotopic (exact) mass is 199 g/mol. The summed E-state index contributed by atoms with van der Waals surface area (Å²) in [5.74, 6) is -0.487. The van der Waals surface area contributed by atoms with Crippen molar-refractivity contribution in [3.63, 3.8) is 0 Å². The van der Waals surface area contributed by atoms with Crippen molar-refractivity contribution in [3.8, 4) is 0 Å². The molecule has 1 atom stereocenters. The molecule has 0 aromatic rings. The number of amides is 2. The molecule has 0 saturated carbocycles. The van der Waals surface area contributed by atoms with Crippen LogP contribution in [0.2, 0.25) is 0 Å². The molecule has 1 aliphatic rings. The van der Waals surface area contributed by atoms with Crippen LogP contribution in [-0.2, 0) is 9.59 Å². The highest BCUT2D eigenvalue weighted by Gasteiger charge is 2.38. The minimum absolute atomic E-state index is 0.0868. The predicted molar refractivity (Wildman–Crippen MR) is 52.2 cm³/mol. The largest absolute Gasteiger partial charge is 0.370 e. The van der Waals surface area contributed by atoms with Crippen molar-refractivity contribution in [2.45, 2.75) is 38.3 Å². The van der Waals surface area contributed by atoms with Gasteiger partial charge in [0.05, 0.1) is 6.04 Å². The number of hydrogen-bond acceptors (Lipinski definition) is 3. The molecule has 1 saturated heterocycles. The molecule has 1 fully saturated rings. The Balaban J connectivity index is 2.73. The van der Waals surface area contributed by atoms with Crippen molar-refractivity contribution in [3.05, 3.63) is 0 Å². The zero-order valence-electron chi connectivity index (χ0n) is 8.62. The summed E-state index contributed by atoms with van der Waals surface area (Å²) >= 11 is 0. The van der Waals surface area contributed by atoms with Crippen molar-refractivity contribution < 1.29 is 9.59 Å². The number of carbonyl (C=O) groups is 2. The predicted octanol–water partition coefficient (Wildman–Crippen LogP) is -0.800. The van der Waals surface area contributed by atoms with Crippen LogP contribution in [0.3, 0.4) is 0 Å². The third-order valence-corrected chi connectivity index (χ3v) is 2.58. The van der Waals surface area contributed by atoms with Crippen LogP contribution < -0.4 is 11.5 Å². The summed E-state index contributed by atoms with van der Waals surface area (Å²) in [6.45, 7) is 4.27. The first kappa shape index (κ1) is 11.0. The number of nitrogens with zero attached hydrogens (tertiary/aromatic N) is 1. The summed E-state index contributed by atoms with van der Waals surface area (Å²) in [6, 6.07) is -0.415. The molecule has 1 aliphatic heterocycles. The first-order valence-corrected chi connectivity index (χ1v) is 4.70. The molecule has 0 bridgehead atoms. The SMILES string of the molecule is CC(C)(CC(N)=O)N1CCC(N)C1=O. The van der Waals surface area contributed by atoms with E-state index in [-0.39, 0.29) is 12.3 Å². The quantitative estimate of drug-likeness (QED) is 0.623. The molecular weight excluding hydrogens is 182 g/mol. The van der Waals surface area contributed by atoms with E-state index in [1.807, 2.05) is 13.8 Å². The number of nitrogens with two attached hydrogens (primary N) is 2. The van der Waals surface area contributed by atoms with E-state index in [0.29, 0.717) is 13.0 Å². The molecule has 80 valence electrons. The Bertz CT molecular complexity index is 263. The normalized spacial score (nSPS) is 22.9. The van der Waals surface area contributed by atoms with E-state index < -0.39 is 17.5 Å². The van der Waals surface area contributed by atoms with Crippen LogP contribution in [0.25, 0.3) is 0 Å². The van der Waals surface area contributed by atoms with E-state index in [1.54, 1.807) is 4.90 Å². The maximum absolute atomic E-state index is 11.6. The minimum Gasteiger partial charge on any atom is -0.370 e. The van der Waals surface area contributed by atoms with E-state index in [2.05, 4.69) is 0 Å².